The molecule has 0 radical (unpaired) electrons. The molecule has 1 aromatic rings. The van der Waals surface area contributed by atoms with Crippen molar-refractivity contribution < 1.29 is 14.3 Å². The normalized spacial score (nSPS) is 24.4. The van der Waals surface area contributed by atoms with Crippen LogP contribution in [0, 0.1) is 5.41 Å². The van der Waals surface area contributed by atoms with E-state index in [1.54, 1.807) is 0 Å². The molecule has 1 atom stereocenters. The molecular formula is C25H30ClNO3. The summed E-state index contributed by atoms with van der Waals surface area (Å²) in [5.41, 5.74) is 3.76. The molecule has 4 rings (SSSR count). The van der Waals surface area contributed by atoms with Crippen LogP contribution in [0.15, 0.2) is 46.8 Å². The summed E-state index contributed by atoms with van der Waals surface area (Å²) in [7, 11) is 0. The van der Waals surface area contributed by atoms with Crippen molar-refractivity contribution in [2.75, 3.05) is 0 Å². The van der Waals surface area contributed by atoms with Crippen LogP contribution in [0.1, 0.15) is 77.2 Å². The number of dihydropyridines is 1. The molecule has 2 aliphatic carbocycles. The van der Waals surface area contributed by atoms with Crippen molar-refractivity contribution >= 4 is 23.4 Å². The first-order chi connectivity index (χ1) is 14.2. The molecule has 0 aromatic heterocycles. The van der Waals surface area contributed by atoms with Crippen molar-refractivity contribution in [2.45, 2.75) is 77.7 Å². The number of nitrogens with one attached hydrogen (secondary N) is 1. The van der Waals surface area contributed by atoms with Crippen LogP contribution in [-0.2, 0) is 14.3 Å². The van der Waals surface area contributed by atoms with E-state index < -0.39 is 5.92 Å². The second-order valence-corrected chi connectivity index (χ2v) is 10.1. The van der Waals surface area contributed by atoms with Gasteiger partial charge in [-0.05, 0) is 62.1 Å². The Kier molecular flexibility index (Phi) is 5.80. The van der Waals surface area contributed by atoms with Crippen LogP contribution in [0.25, 0.3) is 0 Å². The summed E-state index contributed by atoms with van der Waals surface area (Å²) in [5.74, 6) is -0.626. The average Bonchev–Trinajstić information content (AvgIpc) is 2.67. The zero-order valence-corrected chi connectivity index (χ0v) is 18.8. The van der Waals surface area contributed by atoms with Crippen molar-refractivity contribution in [1.82, 2.24) is 5.32 Å². The van der Waals surface area contributed by atoms with Crippen LogP contribution in [0.2, 0.25) is 5.02 Å². The van der Waals surface area contributed by atoms with Crippen molar-refractivity contribution in [3.05, 3.63) is 57.4 Å². The van der Waals surface area contributed by atoms with Gasteiger partial charge in [-0.3, -0.25) is 4.79 Å². The molecule has 5 heteroatoms. The molecule has 0 unspecified atom stereocenters. The number of ketones is 1. The largest absolute Gasteiger partial charge is 0.459 e. The highest BCUT2D eigenvalue weighted by atomic mass is 35.5. The Morgan fingerprint density at radius 1 is 1.10 bits per heavy atom. The molecule has 160 valence electrons. The van der Waals surface area contributed by atoms with Crippen molar-refractivity contribution in [3.63, 3.8) is 0 Å². The number of rotatable bonds is 3. The zero-order chi connectivity index (χ0) is 21.5. The lowest BCUT2D eigenvalue weighted by Crippen LogP contribution is -2.39. The van der Waals surface area contributed by atoms with Crippen LogP contribution < -0.4 is 5.32 Å². The van der Waals surface area contributed by atoms with E-state index in [0.29, 0.717) is 22.6 Å². The third kappa shape index (κ3) is 4.20. The van der Waals surface area contributed by atoms with Gasteiger partial charge in [0, 0.05) is 34.3 Å². The maximum atomic E-state index is 13.4. The van der Waals surface area contributed by atoms with Crippen molar-refractivity contribution in [2.24, 2.45) is 5.41 Å². The first-order valence-electron chi connectivity index (χ1n) is 11.0. The fourth-order valence-electron chi connectivity index (χ4n) is 5.09. The van der Waals surface area contributed by atoms with Gasteiger partial charge in [0.15, 0.2) is 5.78 Å². The molecule has 0 bridgehead atoms. The van der Waals surface area contributed by atoms with E-state index in [9.17, 15) is 9.59 Å². The lowest BCUT2D eigenvalue weighted by molar-refractivity contribution is -0.146. The molecule has 1 aliphatic heterocycles. The van der Waals surface area contributed by atoms with Crippen LogP contribution in [0.4, 0.5) is 0 Å². The topological polar surface area (TPSA) is 55.4 Å². The average molecular weight is 428 g/mol. The standard InChI is InChI=1S/C25H30ClNO3/c1-15-21(24(29)30-18-7-5-4-6-8-18)22(16-9-11-17(26)12-10-16)23-19(27-15)13-25(2,3)14-20(23)28/h9-12,18,22,27H,4-8,13-14H2,1-3H3/t22-/m1/s1. The fraction of sp³-hybridized carbons (Fsp3) is 0.520. The molecule has 0 spiro atoms. The summed E-state index contributed by atoms with van der Waals surface area (Å²) in [6, 6.07) is 7.46. The molecule has 4 nitrogen and oxygen atoms in total. The Bertz CT molecular complexity index is 920. The van der Waals surface area contributed by atoms with Gasteiger partial charge >= 0.3 is 5.97 Å². The minimum Gasteiger partial charge on any atom is -0.459 e. The van der Waals surface area contributed by atoms with Gasteiger partial charge < -0.3 is 10.1 Å². The number of Topliss-reactive ketones (excluding diaryl/α,β-unsaturated/α-hetero) is 1. The molecule has 1 heterocycles. The summed E-state index contributed by atoms with van der Waals surface area (Å²) in [6.45, 7) is 6.13. The molecular weight excluding hydrogens is 398 g/mol. The van der Waals surface area contributed by atoms with E-state index in [-0.39, 0.29) is 23.3 Å². The molecule has 1 saturated carbocycles. The summed E-state index contributed by atoms with van der Waals surface area (Å²) in [6.07, 6.45) is 6.44. The number of allylic oxidation sites excluding steroid dienone is 3. The number of hydrogen-bond acceptors (Lipinski definition) is 4. The van der Waals surface area contributed by atoms with Crippen LogP contribution >= 0.6 is 11.6 Å². The lowest BCUT2D eigenvalue weighted by atomic mass is 9.68. The predicted octanol–water partition coefficient (Wildman–Crippen LogP) is 5.82. The number of hydrogen-bond donors (Lipinski definition) is 1. The van der Waals surface area contributed by atoms with Crippen molar-refractivity contribution in [3.8, 4) is 0 Å². The monoisotopic (exact) mass is 427 g/mol. The maximum absolute atomic E-state index is 13.4. The van der Waals surface area contributed by atoms with E-state index in [1.807, 2.05) is 31.2 Å². The number of benzene rings is 1. The fourth-order valence-corrected chi connectivity index (χ4v) is 5.22. The highest BCUT2D eigenvalue weighted by Gasteiger charge is 2.43. The second kappa shape index (κ2) is 8.22. The zero-order valence-electron chi connectivity index (χ0n) is 18.0. The smallest absolute Gasteiger partial charge is 0.337 e. The first kappa shape index (κ1) is 21.2. The minimum atomic E-state index is -0.418. The number of halogens is 1. The predicted molar refractivity (Wildman–Crippen MR) is 118 cm³/mol. The molecule has 1 fully saturated rings. The number of ether oxygens (including phenoxy) is 1. The second-order valence-electron chi connectivity index (χ2n) is 9.65. The molecule has 30 heavy (non-hydrogen) atoms. The molecule has 0 saturated heterocycles. The van der Waals surface area contributed by atoms with Crippen molar-refractivity contribution in [1.29, 1.82) is 0 Å². The highest BCUT2D eigenvalue weighted by Crippen LogP contribution is 2.47. The Labute approximate surface area is 183 Å². The number of carbonyl (C=O) groups is 2. The lowest BCUT2D eigenvalue weighted by Gasteiger charge is -2.39. The van der Waals surface area contributed by atoms with Gasteiger partial charge in [0.1, 0.15) is 6.10 Å². The van der Waals surface area contributed by atoms with E-state index in [1.165, 1.54) is 6.42 Å². The van der Waals surface area contributed by atoms with E-state index in [0.717, 1.165) is 49.1 Å². The van der Waals surface area contributed by atoms with Gasteiger partial charge in [-0.1, -0.05) is 44.0 Å². The molecule has 3 aliphatic rings. The van der Waals surface area contributed by atoms with E-state index in [2.05, 4.69) is 19.2 Å². The molecule has 0 amide bonds. The maximum Gasteiger partial charge on any atom is 0.337 e. The van der Waals surface area contributed by atoms with Crippen LogP contribution in [0.5, 0.6) is 0 Å². The minimum absolute atomic E-state index is 0.0335. The number of carbonyl (C=O) groups excluding carboxylic acids is 2. The van der Waals surface area contributed by atoms with Crippen LogP contribution in [0.3, 0.4) is 0 Å². The summed E-state index contributed by atoms with van der Waals surface area (Å²) < 4.78 is 5.94. The van der Waals surface area contributed by atoms with Gasteiger partial charge in [0.05, 0.1) is 5.57 Å². The van der Waals surface area contributed by atoms with Crippen LogP contribution in [-0.4, -0.2) is 17.9 Å². The summed E-state index contributed by atoms with van der Waals surface area (Å²) >= 11 is 6.12. The molecule has 1 aromatic carbocycles. The van der Waals surface area contributed by atoms with Gasteiger partial charge in [-0.15, -0.1) is 0 Å². The van der Waals surface area contributed by atoms with E-state index >= 15 is 0 Å². The van der Waals surface area contributed by atoms with Gasteiger partial charge in [-0.25, -0.2) is 4.79 Å². The van der Waals surface area contributed by atoms with Gasteiger partial charge in [0.25, 0.3) is 0 Å². The summed E-state index contributed by atoms with van der Waals surface area (Å²) in [5, 5.41) is 4.02. The highest BCUT2D eigenvalue weighted by molar-refractivity contribution is 6.30. The quantitative estimate of drug-likeness (QED) is 0.617. The Hall–Kier alpha value is -2.07. The third-order valence-corrected chi connectivity index (χ3v) is 6.74. The van der Waals surface area contributed by atoms with Gasteiger partial charge in [0.2, 0.25) is 0 Å². The SMILES string of the molecule is CC1=C(C(=O)OC2CCCCC2)[C@@H](c2ccc(Cl)cc2)C2=C(CC(C)(C)CC2=O)N1. The Morgan fingerprint density at radius 3 is 2.43 bits per heavy atom. The summed E-state index contributed by atoms with van der Waals surface area (Å²) in [4.78, 5) is 26.6. The molecule has 1 N–H and O–H groups in total. The Morgan fingerprint density at radius 2 is 1.77 bits per heavy atom. The van der Waals surface area contributed by atoms with Gasteiger partial charge in [-0.2, -0.15) is 0 Å². The Balaban J connectivity index is 1.75. The van der Waals surface area contributed by atoms with E-state index in [4.69, 9.17) is 16.3 Å². The first-order valence-corrected chi connectivity index (χ1v) is 11.3. The third-order valence-electron chi connectivity index (χ3n) is 6.49. The number of esters is 1.